The van der Waals surface area contributed by atoms with Crippen molar-refractivity contribution in [2.24, 2.45) is 10.9 Å². The predicted molar refractivity (Wildman–Crippen MR) is 132 cm³/mol. The Morgan fingerprint density at radius 3 is 2.52 bits per heavy atom. The standard InChI is InChI=1S/C23H29FN4O2.HI/c1-16(19-10-11-21(20(24)14-19)30-15-17-8-9-17)28-23(25-2)27-13-12-26-22(29)18-6-4-3-5-7-18;/h3-7,10-11,14,16-17H,8-9,12-13,15H2,1-2H3,(H,26,29)(H2,25,27,28);1H. The van der Waals surface area contributed by atoms with E-state index < -0.39 is 0 Å². The van der Waals surface area contributed by atoms with Crippen LogP contribution in [-0.4, -0.2) is 38.6 Å². The Kier molecular flexibility index (Phi) is 10.0. The molecule has 8 heteroatoms. The second-order valence-corrected chi connectivity index (χ2v) is 7.43. The van der Waals surface area contributed by atoms with Crippen molar-refractivity contribution in [1.82, 2.24) is 16.0 Å². The zero-order chi connectivity index (χ0) is 21.3. The normalized spacial score (nSPS) is 14.2. The number of hydrogen-bond acceptors (Lipinski definition) is 3. The number of carbonyl (C=O) groups is 1. The molecule has 2 aromatic carbocycles. The third kappa shape index (κ3) is 8.01. The molecule has 0 saturated heterocycles. The molecule has 1 unspecified atom stereocenters. The van der Waals surface area contributed by atoms with Crippen LogP contribution >= 0.6 is 24.0 Å². The molecule has 0 radical (unpaired) electrons. The first-order valence-corrected chi connectivity index (χ1v) is 10.3. The van der Waals surface area contributed by atoms with Crippen LogP contribution in [0.3, 0.4) is 0 Å². The van der Waals surface area contributed by atoms with Crippen LogP contribution in [0.5, 0.6) is 5.75 Å². The van der Waals surface area contributed by atoms with Crippen LogP contribution < -0.4 is 20.7 Å². The smallest absolute Gasteiger partial charge is 0.251 e. The van der Waals surface area contributed by atoms with Gasteiger partial charge in [-0.3, -0.25) is 9.79 Å². The first-order chi connectivity index (χ1) is 14.6. The van der Waals surface area contributed by atoms with Gasteiger partial charge in [0.15, 0.2) is 17.5 Å². The fourth-order valence-electron chi connectivity index (χ4n) is 2.93. The minimum absolute atomic E-state index is 0. The van der Waals surface area contributed by atoms with E-state index in [1.807, 2.05) is 31.2 Å². The van der Waals surface area contributed by atoms with Gasteiger partial charge in [-0.15, -0.1) is 24.0 Å². The number of amides is 1. The second-order valence-electron chi connectivity index (χ2n) is 7.43. The van der Waals surface area contributed by atoms with Gasteiger partial charge < -0.3 is 20.7 Å². The average molecular weight is 540 g/mol. The number of guanidine groups is 1. The molecule has 0 spiro atoms. The van der Waals surface area contributed by atoms with Gasteiger partial charge in [0.25, 0.3) is 5.91 Å². The summed E-state index contributed by atoms with van der Waals surface area (Å²) in [6.07, 6.45) is 2.34. The highest BCUT2D eigenvalue weighted by atomic mass is 127. The topological polar surface area (TPSA) is 74.8 Å². The SMILES string of the molecule is CN=C(NCCNC(=O)c1ccccc1)NC(C)c1ccc(OCC2CC2)c(F)c1.I. The fourth-order valence-corrected chi connectivity index (χ4v) is 2.93. The van der Waals surface area contributed by atoms with Gasteiger partial charge in [0.05, 0.1) is 12.6 Å². The summed E-state index contributed by atoms with van der Waals surface area (Å²) in [4.78, 5) is 16.2. The number of carbonyl (C=O) groups excluding carboxylic acids is 1. The largest absolute Gasteiger partial charge is 0.490 e. The van der Waals surface area contributed by atoms with E-state index in [-0.39, 0.29) is 41.7 Å². The van der Waals surface area contributed by atoms with Crippen molar-refractivity contribution in [2.75, 3.05) is 26.7 Å². The van der Waals surface area contributed by atoms with E-state index in [1.54, 1.807) is 25.2 Å². The summed E-state index contributed by atoms with van der Waals surface area (Å²) in [6, 6.07) is 13.9. The van der Waals surface area contributed by atoms with Crippen LogP contribution in [0.2, 0.25) is 0 Å². The molecule has 0 heterocycles. The van der Waals surface area contributed by atoms with Crippen molar-refractivity contribution < 1.29 is 13.9 Å². The first kappa shape index (κ1) is 24.9. The van der Waals surface area contributed by atoms with Crippen LogP contribution in [0.25, 0.3) is 0 Å². The molecule has 0 bridgehead atoms. The van der Waals surface area contributed by atoms with Crippen LogP contribution in [-0.2, 0) is 0 Å². The van der Waals surface area contributed by atoms with Crippen molar-refractivity contribution in [1.29, 1.82) is 0 Å². The molecule has 31 heavy (non-hydrogen) atoms. The summed E-state index contributed by atoms with van der Waals surface area (Å²) < 4.78 is 19.9. The molecule has 1 atom stereocenters. The predicted octanol–water partition coefficient (Wildman–Crippen LogP) is 3.89. The summed E-state index contributed by atoms with van der Waals surface area (Å²) in [5, 5.41) is 9.23. The number of ether oxygens (including phenoxy) is 1. The number of hydrogen-bond donors (Lipinski definition) is 3. The number of rotatable bonds is 9. The minimum atomic E-state index is -0.353. The Balaban J connectivity index is 0.00000341. The van der Waals surface area contributed by atoms with Crippen LogP contribution in [0.4, 0.5) is 4.39 Å². The molecular formula is C23H30FIN4O2. The van der Waals surface area contributed by atoms with Crippen molar-refractivity contribution in [3.05, 3.63) is 65.5 Å². The van der Waals surface area contributed by atoms with Gasteiger partial charge in [-0.1, -0.05) is 24.3 Å². The number of nitrogens with one attached hydrogen (secondary N) is 3. The Hall–Kier alpha value is -2.36. The third-order valence-electron chi connectivity index (χ3n) is 4.94. The zero-order valence-corrected chi connectivity index (χ0v) is 20.2. The Morgan fingerprint density at radius 1 is 1.16 bits per heavy atom. The van der Waals surface area contributed by atoms with E-state index >= 15 is 0 Å². The monoisotopic (exact) mass is 540 g/mol. The summed E-state index contributed by atoms with van der Waals surface area (Å²) in [7, 11) is 1.67. The highest BCUT2D eigenvalue weighted by Gasteiger charge is 2.22. The third-order valence-corrected chi connectivity index (χ3v) is 4.94. The maximum absolute atomic E-state index is 14.3. The minimum Gasteiger partial charge on any atom is -0.490 e. The number of halogens is 2. The lowest BCUT2D eigenvalue weighted by Gasteiger charge is -2.19. The molecule has 0 aliphatic heterocycles. The Bertz CT molecular complexity index is 875. The van der Waals surface area contributed by atoms with Gasteiger partial charge in [-0.05, 0) is 55.5 Å². The molecule has 1 saturated carbocycles. The Labute approximate surface area is 200 Å². The van der Waals surface area contributed by atoms with Gasteiger partial charge in [0, 0.05) is 25.7 Å². The summed E-state index contributed by atoms with van der Waals surface area (Å²) in [5.41, 5.74) is 1.42. The summed E-state index contributed by atoms with van der Waals surface area (Å²) in [6.45, 7) is 3.47. The van der Waals surface area contributed by atoms with Gasteiger partial charge in [0.2, 0.25) is 0 Å². The molecule has 6 nitrogen and oxygen atoms in total. The molecular weight excluding hydrogens is 510 g/mol. The maximum Gasteiger partial charge on any atom is 0.251 e. The lowest BCUT2D eigenvalue weighted by Crippen LogP contribution is -2.42. The fraction of sp³-hybridized carbons (Fsp3) is 0.391. The van der Waals surface area contributed by atoms with E-state index in [9.17, 15) is 9.18 Å². The molecule has 0 aromatic heterocycles. The highest BCUT2D eigenvalue weighted by molar-refractivity contribution is 14.0. The number of aliphatic imine (C=N–C) groups is 1. The zero-order valence-electron chi connectivity index (χ0n) is 17.9. The lowest BCUT2D eigenvalue weighted by molar-refractivity contribution is 0.0954. The Morgan fingerprint density at radius 2 is 1.87 bits per heavy atom. The molecule has 168 valence electrons. The highest BCUT2D eigenvalue weighted by Crippen LogP contribution is 2.30. The number of nitrogens with zero attached hydrogens (tertiary/aromatic N) is 1. The van der Waals surface area contributed by atoms with Gasteiger partial charge >= 0.3 is 0 Å². The van der Waals surface area contributed by atoms with E-state index in [4.69, 9.17) is 4.74 Å². The van der Waals surface area contributed by atoms with E-state index in [0.29, 0.717) is 42.9 Å². The molecule has 2 aromatic rings. The maximum atomic E-state index is 14.3. The van der Waals surface area contributed by atoms with Gasteiger partial charge in [-0.25, -0.2) is 4.39 Å². The quantitative estimate of drug-likeness (QED) is 0.195. The average Bonchev–Trinajstić information content (AvgIpc) is 3.59. The lowest BCUT2D eigenvalue weighted by atomic mass is 10.1. The van der Waals surface area contributed by atoms with Crippen molar-refractivity contribution in [2.45, 2.75) is 25.8 Å². The van der Waals surface area contributed by atoms with E-state index in [1.165, 1.54) is 18.9 Å². The summed E-state index contributed by atoms with van der Waals surface area (Å²) in [5.74, 6) is 0.985. The molecule has 1 amide bonds. The molecule has 1 fully saturated rings. The molecule has 3 rings (SSSR count). The molecule has 1 aliphatic rings. The van der Waals surface area contributed by atoms with E-state index in [2.05, 4.69) is 20.9 Å². The first-order valence-electron chi connectivity index (χ1n) is 10.3. The summed E-state index contributed by atoms with van der Waals surface area (Å²) >= 11 is 0. The van der Waals surface area contributed by atoms with Gasteiger partial charge in [0.1, 0.15) is 0 Å². The number of benzene rings is 2. The van der Waals surface area contributed by atoms with Crippen LogP contribution in [0.15, 0.2) is 53.5 Å². The molecule has 1 aliphatic carbocycles. The van der Waals surface area contributed by atoms with Gasteiger partial charge in [-0.2, -0.15) is 0 Å². The second kappa shape index (κ2) is 12.5. The van der Waals surface area contributed by atoms with Crippen molar-refractivity contribution in [3.63, 3.8) is 0 Å². The van der Waals surface area contributed by atoms with Crippen molar-refractivity contribution in [3.8, 4) is 5.75 Å². The molecule has 3 N–H and O–H groups in total. The van der Waals surface area contributed by atoms with E-state index in [0.717, 1.165) is 5.56 Å². The van der Waals surface area contributed by atoms with Crippen molar-refractivity contribution >= 4 is 35.8 Å². The van der Waals surface area contributed by atoms with Crippen LogP contribution in [0.1, 0.15) is 41.7 Å². The van der Waals surface area contributed by atoms with Crippen LogP contribution in [0, 0.1) is 11.7 Å².